The molecule has 0 fully saturated rings. The lowest BCUT2D eigenvalue weighted by molar-refractivity contribution is -0.116. The lowest BCUT2D eigenvalue weighted by Gasteiger charge is -2.10. The molecule has 5 heteroatoms. The molecule has 2 rings (SSSR count). The summed E-state index contributed by atoms with van der Waals surface area (Å²) in [5.41, 5.74) is 1.96. The smallest absolute Gasteiger partial charge is 0.224 e. The van der Waals surface area contributed by atoms with Crippen LogP contribution in [0.5, 0.6) is 17.2 Å². The maximum Gasteiger partial charge on any atom is 0.224 e. The van der Waals surface area contributed by atoms with Gasteiger partial charge in [-0.05, 0) is 49.1 Å². The van der Waals surface area contributed by atoms with E-state index in [2.05, 4.69) is 17.4 Å². The van der Waals surface area contributed by atoms with Crippen LogP contribution in [-0.4, -0.2) is 27.2 Å². The van der Waals surface area contributed by atoms with Gasteiger partial charge in [0, 0.05) is 18.2 Å². The minimum atomic E-state index is 0.00181. The van der Waals surface area contributed by atoms with Gasteiger partial charge in [-0.1, -0.05) is 12.1 Å². The van der Waals surface area contributed by atoms with Crippen LogP contribution in [-0.2, 0) is 11.2 Å². The average molecular weight is 343 g/mol. The van der Waals surface area contributed by atoms with E-state index in [0.717, 1.165) is 25.0 Å². The lowest BCUT2D eigenvalue weighted by Crippen LogP contribution is -2.11. The van der Waals surface area contributed by atoms with Crippen LogP contribution in [0.15, 0.2) is 42.5 Å². The normalized spacial score (nSPS) is 10.2. The third kappa shape index (κ3) is 5.71. The Morgan fingerprint density at radius 1 is 0.880 bits per heavy atom. The van der Waals surface area contributed by atoms with Gasteiger partial charge in [0.2, 0.25) is 5.91 Å². The van der Waals surface area contributed by atoms with E-state index in [-0.39, 0.29) is 5.91 Å². The number of rotatable bonds is 9. The predicted molar refractivity (Wildman–Crippen MR) is 98.7 cm³/mol. The lowest BCUT2D eigenvalue weighted by atomic mass is 10.1. The number of nitrogens with one attached hydrogen (secondary N) is 1. The summed E-state index contributed by atoms with van der Waals surface area (Å²) in [5.74, 6) is 2.10. The molecule has 0 radical (unpaired) electrons. The molecule has 25 heavy (non-hydrogen) atoms. The molecule has 0 aliphatic heterocycles. The summed E-state index contributed by atoms with van der Waals surface area (Å²) >= 11 is 0. The van der Waals surface area contributed by atoms with E-state index in [0.29, 0.717) is 23.6 Å². The van der Waals surface area contributed by atoms with Crippen molar-refractivity contribution in [3.8, 4) is 17.2 Å². The Hall–Kier alpha value is -2.69. The first-order chi connectivity index (χ1) is 12.2. The molecule has 0 atom stereocenters. The van der Waals surface area contributed by atoms with Crippen LogP contribution in [0, 0.1) is 0 Å². The molecule has 0 saturated carbocycles. The van der Waals surface area contributed by atoms with Crippen molar-refractivity contribution in [1.29, 1.82) is 0 Å². The van der Waals surface area contributed by atoms with Gasteiger partial charge in [0.1, 0.15) is 5.75 Å². The van der Waals surface area contributed by atoms with Crippen LogP contribution in [0.2, 0.25) is 0 Å². The third-order valence-corrected chi connectivity index (χ3v) is 3.95. The number of carbonyl (C=O) groups excluding carboxylic acids is 1. The summed E-state index contributed by atoms with van der Waals surface area (Å²) in [6.45, 7) is 0. The summed E-state index contributed by atoms with van der Waals surface area (Å²) in [6.07, 6.45) is 3.25. The van der Waals surface area contributed by atoms with E-state index in [9.17, 15) is 4.79 Å². The Kier molecular flexibility index (Phi) is 7.14. The second-order valence-corrected chi connectivity index (χ2v) is 5.67. The molecule has 0 saturated heterocycles. The second kappa shape index (κ2) is 9.57. The zero-order chi connectivity index (χ0) is 18.1. The molecule has 2 aromatic carbocycles. The fourth-order valence-corrected chi connectivity index (χ4v) is 2.54. The van der Waals surface area contributed by atoms with E-state index in [1.54, 1.807) is 39.5 Å². The minimum absolute atomic E-state index is 0.00181. The van der Waals surface area contributed by atoms with E-state index < -0.39 is 0 Å². The molecule has 0 aliphatic rings. The van der Waals surface area contributed by atoms with Crippen molar-refractivity contribution in [2.24, 2.45) is 0 Å². The molecule has 134 valence electrons. The number of ether oxygens (including phenoxy) is 3. The maximum atomic E-state index is 12.1. The topological polar surface area (TPSA) is 56.8 Å². The van der Waals surface area contributed by atoms with Gasteiger partial charge >= 0.3 is 0 Å². The highest BCUT2D eigenvalue weighted by atomic mass is 16.5. The van der Waals surface area contributed by atoms with Gasteiger partial charge in [0.15, 0.2) is 11.5 Å². The second-order valence-electron chi connectivity index (χ2n) is 5.67. The van der Waals surface area contributed by atoms with Gasteiger partial charge in [-0.2, -0.15) is 0 Å². The molecule has 0 spiro atoms. The van der Waals surface area contributed by atoms with Crippen molar-refractivity contribution in [1.82, 2.24) is 0 Å². The average Bonchev–Trinajstić information content (AvgIpc) is 2.65. The molecule has 0 unspecified atom stereocenters. The highest BCUT2D eigenvalue weighted by molar-refractivity contribution is 5.91. The molecular weight excluding hydrogens is 318 g/mol. The molecule has 2 aromatic rings. The first-order valence-electron chi connectivity index (χ1n) is 8.31. The standard InChI is InChI=1S/C20H25NO4/c1-23-17-11-8-15(9-12-17)6-4-5-7-20(22)21-16-10-13-18(24-2)19(14-16)25-3/h8-14H,4-7H2,1-3H3,(H,21,22). The van der Waals surface area contributed by atoms with Crippen molar-refractivity contribution in [2.45, 2.75) is 25.7 Å². The number of benzene rings is 2. The zero-order valence-electron chi connectivity index (χ0n) is 15.0. The van der Waals surface area contributed by atoms with Crippen molar-refractivity contribution < 1.29 is 19.0 Å². The highest BCUT2D eigenvalue weighted by Gasteiger charge is 2.07. The minimum Gasteiger partial charge on any atom is -0.497 e. The quantitative estimate of drug-likeness (QED) is 0.698. The van der Waals surface area contributed by atoms with E-state index in [1.165, 1.54) is 5.56 Å². The number of anilines is 1. The number of carbonyl (C=O) groups is 1. The van der Waals surface area contributed by atoms with Gasteiger partial charge in [0.25, 0.3) is 0 Å². The predicted octanol–water partition coefficient (Wildman–Crippen LogP) is 4.06. The Bertz CT molecular complexity index is 683. The zero-order valence-corrected chi connectivity index (χ0v) is 15.0. The van der Waals surface area contributed by atoms with Crippen molar-refractivity contribution in [2.75, 3.05) is 26.6 Å². The fourth-order valence-electron chi connectivity index (χ4n) is 2.54. The van der Waals surface area contributed by atoms with Gasteiger partial charge in [-0.25, -0.2) is 0 Å². The van der Waals surface area contributed by atoms with E-state index in [1.807, 2.05) is 12.1 Å². The van der Waals surface area contributed by atoms with Crippen molar-refractivity contribution in [3.63, 3.8) is 0 Å². The third-order valence-electron chi connectivity index (χ3n) is 3.95. The van der Waals surface area contributed by atoms with Crippen LogP contribution in [0.4, 0.5) is 5.69 Å². The number of hydrogen-bond acceptors (Lipinski definition) is 4. The fraction of sp³-hybridized carbons (Fsp3) is 0.350. The molecule has 0 aliphatic carbocycles. The van der Waals surface area contributed by atoms with Gasteiger partial charge in [-0.3, -0.25) is 4.79 Å². The van der Waals surface area contributed by atoms with Gasteiger partial charge < -0.3 is 19.5 Å². The maximum absolute atomic E-state index is 12.1. The van der Waals surface area contributed by atoms with Gasteiger partial charge in [-0.15, -0.1) is 0 Å². The molecule has 0 bridgehead atoms. The van der Waals surface area contributed by atoms with Crippen LogP contribution in [0.3, 0.4) is 0 Å². The van der Waals surface area contributed by atoms with Crippen molar-refractivity contribution in [3.05, 3.63) is 48.0 Å². The summed E-state index contributed by atoms with van der Waals surface area (Å²) in [5, 5.41) is 2.89. The Morgan fingerprint density at radius 3 is 2.24 bits per heavy atom. The molecule has 1 amide bonds. The number of methoxy groups -OCH3 is 3. The SMILES string of the molecule is COc1ccc(CCCCC(=O)Nc2ccc(OC)c(OC)c2)cc1. The van der Waals surface area contributed by atoms with E-state index in [4.69, 9.17) is 14.2 Å². The summed E-state index contributed by atoms with van der Waals surface area (Å²) in [7, 11) is 4.81. The van der Waals surface area contributed by atoms with Crippen LogP contribution >= 0.6 is 0 Å². The summed E-state index contributed by atoms with van der Waals surface area (Å²) < 4.78 is 15.6. The van der Waals surface area contributed by atoms with E-state index >= 15 is 0 Å². The highest BCUT2D eigenvalue weighted by Crippen LogP contribution is 2.29. The number of hydrogen-bond donors (Lipinski definition) is 1. The molecule has 0 aromatic heterocycles. The van der Waals surface area contributed by atoms with Crippen LogP contribution < -0.4 is 19.5 Å². The van der Waals surface area contributed by atoms with Crippen LogP contribution in [0.1, 0.15) is 24.8 Å². The first kappa shape index (κ1) is 18.6. The monoisotopic (exact) mass is 343 g/mol. The molecule has 0 heterocycles. The first-order valence-corrected chi connectivity index (χ1v) is 8.31. The molecule has 5 nitrogen and oxygen atoms in total. The van der Waals surface area contributed by atoms with Crippen LogP contribution in [0.25, 0.3) is 0 Å². The Balaban J connectivity index is 1.75. The van der Waals surface area contributed by atoms with Gasteiger partial charge in [0.05, 0.1) is 21.3 Å². The molecular formula is C20H25NO4. The molecule has 1 N–H and O–H groups in total. The largest absolute Gasteiger partial charge is 0.497 e. The summed E-state index contributed by atoms with van der Waals surface area (Å²) in [4.78, 5) is 12.1. The summed E-state index contributed by atoms with van der Waals surface area (Å²) in [6, 6.07) is 13.4. The number of aryl methyl sites for hydroxylation is 1. The van der Waals surface area contributed by atoms with Crippen molar-refractivity contribution >= 4 is 11.6 Å². The number of amides is 1. The Morgan fingerprint density at radius 2 is 1.60 bits per heavy atom. The number of unbranched alkanes of at least 4 members (excludes halogenated alkanes) is 1. The Labute approximate surface area is 148 Å².